The summed E-state index contributed by atoms with van der Waals surface area (Å²) < 4.78 is 20.9. The van der Waals surface area contributed by atoms with Crippen molar-refractivity contribution in [2.24, 2.45) is 12.9 Å². The number of nitrogens with one attached hydrogen (secondary N) is 1. The molecule has 0 radical (unpaired) electrons. The van der Waals surface area contributed by atoms with Crippen LogP contribution in [0.1, 0.15) is 17.4 Å². The van der Waals surface area contributed by atoms with Gasteiger partial charge in [-0.3, -0.25) is 11.3 Å². The highest BCUT2D eigenvalue weighted by molar-refractivity contribution is 5.31. The van der Waals surface area contributed by atoms with Gasteiger partial charge in [-0.05, 0) is 6.07 Å². The summed E-state index contributed by atoms with van der Waals surface area (Å²) >= 11 is 0. The van der Waals surface area contributed by atoms with Gasteiger partial charge in [-0.2, -0.15) is 0 Å². The van der Waals surface area contributed by atoms with Crippen molar-refractivity contribution in [1.82, 2.24) is 15.0 Å². The van der Waals surface area contributed by atoms with E-state index < -0.39 is 0 Å². The Balaban J connectivity index is 2.24. The Bertz CT molecular complexity index is 555. The molecule has 1 aromatic carbocycles. The minimum absolute atomic E-state index is 0.341. The molecule has 0 aliphatic carbocycles. The van der Waals surface area contributed by atoms with Gasteiger partial charge in [0.1, 0.15) is 17.4 Å². The van der Waals surface area contributed by atoms with Crippen molar-refractivity contribution < 1.29 is 9.13 Å². The molecule has 19 heavy (non-hydrogen) atoms. The summed E-state index contributed by atoms with van der Waals surface area (Å²) in [6.07, 6.45) is 4.05. The van der Waals surface area contributed by atoms with Gasteiger partial charge < -0.3 is 9.30 Å². The van der Waals surface area contributed by atoms with Gasteiger partial charge in [-0.25, -0.2) is 9.37 Å². The molecule has 0 saturated heterocycles. The first kappa shape index (κ1) is 13.5. The highest BCUT2D eigenvalue weighted by Gasteiger charge is 2.17. The molecule has 0 aliphatic rings. The van der Waals surface area contributed by atoms with Crippen LogP contribution in [0.15, 0.2) is 30.6 Å². The number of hydrogen-bond acceptors (Lipinski definition) is 4. The number of aryl methyl sites for hydroxylation is 1. The van der Waals surface area contributed by atoms with Crippen molar-refractivity contribution in [1.29, 1.82) is 0 Å². The fourth-order valence-electron chi connectivity index (χ4n) is 1.95. The zero-order valence-electron chi connectivity index (χ0n) is 10.9. The standard InChI is InChI=1S/C13H17FN4O/c1-18-6-5-16-13(18)8-12(17-15)10-4-3-9(19-2)7-11(10)14/h3-7,12,17H,8,15H2,1-2H3. The predicted molar refractivity (Wildman–Crippen MR) is 69.9 cm³/mol. The van der Waals surface area contributed by atoms with Crippen LogP contribution in [0.2, 0.25) is 0 Å². The zero-order chi connectivity index (χ0) is 13.8. The Kier molecular flexibility index (Phi) is 4.13. The van der Waals surface area contributed by atoms with Gasteiger partial charge in [0, 0.05) is 37.5 Å². The van der Waals surface area contributed by atoms with E-state index in [2.05, 4.69) is 10.4 Å². The Hall–Kier alpha value is -1.92. The summed E-state index contributed by atoms with van der Waals surface area (Å²) in [6, 6.07) is 4.38. The number of hydrazine groups is 1. The fraction of sp³-hybridized carbons (Fsp3) is 0.308. The SMILES string of the molecule is COc1ccc(C(Cc2nccn2C)NN)c(F)c1. The average Bonchev–Trinajstić information content (AvgIpc) is 2.81. The Morgan fingerprint density at radius 1 is 1.53 bits per heavy atom. The number of benzene rings is 1. The largest absolute Gasteiger partial charge is 0.497 e. The molecular formula is C13H17FN4O. The number of rotatable bonds is 5. The van der Waals surface area contributed by atoms with E-state index in [4.69, 9.17) is 10.6 Å². The first-order chi connectivity index (χ1) is 9.15. The zero-order valence-corrected chi connectivity index (χ0v) is 10.9. The molecule has 2 aromatic rings. The van der Waals surface area contributed by atoms with E-state index in [1.807, 2.05) is 17.8 Å². The molecule has 1 atom stereocenters. The van der Waals surface area contributed by atoms with Crippen molar-refractivity contribution in [3.8, 4) is 5.75 Å². The van der Waals surface area contributed by atoms with Crippen LogP contribution in [0.3, 0.4) is 0 Å². The van der Waals surface area contributed by atoms with Crippen LogP contribution in [-0.4, -0.2) is 16.7 Å². The first-order valence-electron chi connectivity index (χ1n) is 5.91. The van der Waals surface area contributed by atoms with Crippen molar-refractivity contribution in [3.63, 3.8) is 0 Å². The number of nitrogens with zero attached hydrogens (tertiary/aromatic N) is 2. The number of ether oxygens (including phenoxy) is 1. The third-order valence-corrected chi connectivity index (χ3v) is 3.09. The van der Waals surface area contributed by atoms with Crippen LogP contribution >= 0.6 is 0 Å². The lowest BCUT2D eigenvalue weighted by Crippen LogP contribution is -2.31. The van der Waals surface area contributed by atoms with Gasteiger partial charge in [-0.1, -0.05) is 6.07 Å². The van der Waals surface area contributed by atoms with Crippen LogP contribution < -0.4 is 16.0 Å². The topological polar surface area (TPSA) is 65.1 Å². The van der Waals surface area contributed by atoms with Gasteiger partial charge in [-0.15, -0.1) is 0 Å². The summed E-state index contributed by atoms with van der Waals surface area (Å²) in [4.78, 5) is 4.21. The maximum absolute atomic E-state index is 14.0. The average molecular weight is 264 g/mol. The number of methoxy groups -OCH3 is 1. The van der Waals surface area contributed by atoms with E-state index in [0.29, 0.717) is 17.7 Å². The third kappa shape index (κ3) is 2.91. The Morgan fingerprint density at radius 2 is 2.32 bits per heavy atom. The van der Waals surface area contributed by atoms with Crippen molar-refractivity contribution in [2.75, 3.05) is 7.11 Å². The van der Waals surface area contributed by atoms with Crippen LogP contribution in [0.4, 0.5) is 4.39 Å². The highest BCUT2D eigenvalue weighted by atomic mass is 19.1. The summed E-state index contributed by atoms with van der Waals surface area (Å²) in [5.74, 6) is 6.49. The molecule has 5 nitrogen and oxygen atoms in total. The molecular weight excluding hydrogens is 247 g/mol. The molecule has 1 heterocycles. The summed E-state index contributed by atoms with van der Waals surface area (Å²) in [5.41, 5.74) is 3.12. The lowest BCUT2D eigenvalue weighted by Gasteiger charge is -2.17. The number of halogens is 1. The molecule has 6 heteroatoms. The molecule has 1 aromatic heterocycles. The van der Waals surface area contributed by atoms with Crippen LogP contribution in [0.5, 0.6) is 5.75 Å². The van der Waals surface area contributed by atoms with E-state index in [9.17, 15) is 4.39 Å². The van der Waals surface area contributed by atoms with E-state index in [1.165, 1.54) is 13.2 Å². The van der Waals surface area contributed by atoms with E-state index >= 15 is 0 Å². The lowest BCUT2D eigenvalue weighted by atomic mass is 10.0. The molecule has 0 amide bonds. The minimum atomic E-state index is -0.350. The molecule has 0 spiro atoms. The van der Waals surface area contributed by atoms with Gasteiger partial charge >= 0.3 is 0 Å². The number of hydrogen-bond donors (Lipinski definition) is 2. The van der Waals surface area contributed by atoms with Crippen LogP contribution in [0.25, 0.3) is 0 Å². The van der Waals surface area contributed by atoms with Crippen molar-refractivity contribution >= 4 is 0 Å². The lowest BCUT2D eigenvalue weighted by molar-refractivity contribution is 0.408. The van der Waals surface area contributed by atoms with Gasteiger partial charge in [0.2, 0.25) is 0 Å². The quantitative estimate of drug-likeness (QED) is 0.631. The first-order valence-corrected chi connectivity index (χ1v) is 5.91. The minimum Gasteiger partial charge on any atom is -0.497 e. The maximum Gasteiger partial charge on any atom is 0.131 e. The molecule has 1 unspecified atom stereocenters. The molecule has 2 rings (SSSR count). The molecule has 0 bridgehead atoms. The van der Waals surface area contributed by atoms with E-state index in [1.54, 1.807) is 18.3 Å². The van der Waals surface area contributed by atoms with Crippen molar-refractivity contribution in [3.05, 3.63) is 47.8 Å². The van der Waals surface area contributed by atoms with Crippen LogP contribution in [0, 0.1) is 5.82 Å². The smallest absolute Gasteiger partial charge is 0.131 e. The van der Waals surface area contributed by atoms with Gasteiger partial charge in [0.25, 0.3) is 0 Å². The third-order valence-electron chi connectivity index (χ3n) is 3.09. The predicted octanol–water partition coefficient (Wildman–Crippen LogP) is 1.31. The Morgan fingerprint density at radius 3 is 2.84 bits per heavy atom. The second-order valence-electron chi connectivity index (χ2n) is 4.27. The fourth-order valence-corrected chi connectivity index (χ4v) is 1.95. The monoisotopic (exact) mass is 264 g/mol. The number of nitrogens with two attached hydrogens (primary N) is 1. The molecule has 102 valence electrons. The summed E-state index contributed by atoms with van der Waals surface area (Å²) in [7, 11) is 3.39. The number of aromatic nitrogens is 2. The van der Waals surface area contributed by atoms with Gasteiger partial charge in [0.15, 0.2) is 0 Å². The second-order valence-corrected chi connectivity index (χ2v) is 4.27. The molecule has 3 N–H and O–H groups in total. The van der Waals surface area contributed by atoms with E-state index in [0.717, 1.165) is 5.82 Å². The maximum atomic E-state index is 14.0. The molecule has 0 fully saturated rings. The summed E-state index contributed by atoms with van der Waals surface area (Å²) in [5, 5.41) is 0. The van der Waals surface area contributed by atoms with Gasteiger partial charge in [0.05, 0.1) is 13.2 Å². The summed E-state index contributed by atoms with van der Waals surface area (Å²) in [6.45, 7) is 0. The Labute approximate surface area is 111 Å². The molecule has 0 saturated carbocycles. The van der Waals surface area contributed by atoms with Crippen molar-refractivity contribution in [2.45, 2.75) is 12.5 Å². The normalized spacial score (nSPS) is 12.4. The number of imidazole rings is 1. The second kappa shape index (κ2) is 5.81. The van der Waals surface area contributed by atoms with E-state index in [-0.39, 0.29) is 11.9 Å². The van der Waals surface area contributed by atoms with Crippen LogP contribution in [-0.2, 0) is 13.5 Å². The highest BCUT2D eigenvalue weighted by Crippen LogP contribution is 2.23. The molecule has 0 aliphatic heterocycles.